The number of nitrogens with zero attached hydrogens (tertiary/aromatic N) is 3. The Morgan fingerprint density at radius 3 is 2.68 bits per heavy atom. The Hall–Kier alpha value is -2.48. The molecule has 0 atom stereocenters. The molecule has 2 aromatic rings. The second kappa shape index (κ2) is 5.02. The number of hydrogen-bond donors (Lipinski definition) is 2. The van der Waals surface area contributed by atoms with Crippen LogP contribution in [0.1, 0.15) is 22.5 Å². The van der Waals surface area contributed by atoms with Gasteiger partial charge in [-0.2, -0.15) is 10.4 Å². The summed E-state index contributed by atoms with van der Waals surface area (Å²) >= 11 is 0. The number of hydrogen-bond acceptors (Lipinski definition) is 4. The first-order valence-corrected chi connectivity index (χ1v) is 6.05. The van der Waals surface area contributed by atoms with Gasteiger partial charge in [0.15, 0.2) is 0 Å². The molecule has 0 aliphatic heterocycles. The summed E-state index contributed by atoms with van der Waals surface area (Å²) in [6.07, 6.45) is 0. The van der Waals surface area contributed by atoms with E-state index in [4.69, 9.17) is 11.0 Å². The van der Waals surface area contributed by atoms with Crippen LogP contribution >= 0.6 is 0 Å². The lowest BCUT2D eigenvalue weighted by molar-refractivity contribution is 0.730. The summed E-state index contributed by atoms with van der Waals surface area (Å²) in [6, 6.07) is 7.41. The van der Waals surface area contributed by atoms with Crippen molar-refractivity contribution in [2.45, 2.75) is 20.4 Å². The number of rotatable bonds is 3. The Morgan fingerprint density at radius 2 is 2.16 bits per heavy atom. The fourth-order valence-corrected chi connectivity index (χ4v) is 2.04. The van der Waals surface area contributed by atoms with Gasteiger partial charge in [-0.3, -0.25) is 4.68 Å². The van der Waals surface area contributed by atoms with Gasteiger partial charge < -0.3 is 11.1 Å². The van der Waals surface area contributed by atoms with E-state index in [1.165, 1.54) is 5.56 Å². The third-order valence-electron chi connectivity index (χ3n) is 3.30. The highest BCUT2D eigenvalue weighted by molar-refractivity contribution is 5.62. The average molecular weight is 255 g/mol. The van der Waals surface area contributed by atoms with Crippen molar-refractivity contribution >= 4 is 11.4 Å². The van der Waals surface area contributed by atoms with Crippen LogP contribution in [-0.2, 0) is 13.6 Å². The molecule has 0 aliphatic rings. The third kappa shape index (κ3) is 2.52. The molecule has 1 aromatic carbocycles. The number of anilines is 2. The smallest absolute Gasteiger partial charge is 0.101 e. The Labute approximate surface area is 112 Å². The van der Waals surface area contributed by atoms with Gasteiger partial charge in [0.25, 0.3) is 0 Å². The molecule has 5 heteroatoms. The highest BCUT2D eigenvalue weighted by atomic mass is 15.3. The lowest BCUT2D eigenvalue weighted by Gasteiger charge is -2.08. The number of aromatic nitrogens is 2. The molecule has 0 unspecified atom stereocenters. The fraction of sp³-hybridized carbons (Fsp3) is 0.286. The van der Waals surface area contributed by atoms with Crippen LogP contribution in [0.5, 0.6) is 0 Å². The van der Waals surface area contributed by atoms with E-state index in [9.17, 15) is 0 Å². The summed E-state index contributed by atoms with van der Waals surface area (Å²) in [5, 5.41) is 16.5. The zero-order valence-electron chi connectivity index (χ0n) is 11.4. The van der Waals surface area contributed by atoms with E-state index < -0.39 is 0 Å². The van der Waals surface area contributed by atoms with E-state index >= 15 is 0 Å². The van der Waals surface area contributed by atoms with Crippen LogP contribution in [-0.4, -0.2) is 9.78 Å². The molecular weight excluding hydrogens is 238 g/mol. The summed E-state index contributed by atoms with van der Waals surface area (Å²) in [6.45, 7) is 4.73. The largest absolute Gasteiger partial charge is 0.398 e. The van der Waals surface area contributed by atoms with E-state index in [2.05, 4.69) is 16.5 Å². The Morgan fingerprint density at radius 1 is 1.42 bits per heavy atom. The van der Waals surface area contributed by atoms with Gasteiger partial charge in [0.2, 0.25) is 0 Å². The molecule has 0 saturated heterocycles. The molecule has 19 heavy (non-hydrogen) atoms. The molecule has 0 fully saturated rings. The molecule has 0 radical (unpaired) electrons. The van der Waals surface area contributed by atoms with Crippen molar-refractivity contribution in [3.63, 3.8) is 0 Å². The van der Waals surface area contributed by atoms with Gasteiger partial charge in [-0.15, -0.1) is 0 Å². The van der Waals surface area contributed by atoms with Crippen LogP contribution in [0.25, 0.3) is 0 Å². The first-order valence-electron chi connectivity index (χ1n) is 6.05. The van der Waals surface area contributed by atoms with Crippen molar-refractivity contribution in [1.29, 1.82) is 5.26 Å². The van der Waals surface area contributed by atoms with Crippen molar-refractivity contribution in [2.75, 3.05) is 11.1 Å². The SMILES string of the molecule is Cc1nn(C)c(C)c1CNc1ccc(C#N)c(N)c1. The van der Waals surface area contributed by atoms with Crippen LogP contribution in [0.3, 0.4) is 0 Å². The first kappa shape index (κ1) is 13.0. The van der Waals surface area contributed by atoms with E-state index in [-0.39, 0.29) is 0 Å². The van der Waals surface area contributed by atoms with E-state index in [0.29, 0.717) is 17.8 Å². The zero-order valence-corrected chi connectivity index (χ0v) is 11.4. The summed E-state index contributed by atoms with van der Waals surface area (Å²) in [5.41, 5.74) is 11.0. The lowest BCUT2D eigenvalue weighted by Crippen LogP contribution is -2.03. The summed E-state index contributed by atoms with van der Waals surface area (Å²) in [5.74, 6) is 0. The quantitative estimate of drug-likeness (QED) is 0.823. The minimum absolute atomic E-state index is 0.493. The van der Waals surface area contributed by atoms with Crippen LogP contribution in [0.2, 0.25) is 0 Å². The van der Waals surface area contributed by atoms with Crippen molar-refractivity contribution in [3.05, 3.63) is 40.7 Å². The predicted molar refractivity (Wildman–Crippen MR) is 75.6 cm³/mol. The lowest BCUT2D eigenvalue weighted by atomic mass is 10.1. The number of nitriles is 1. The number of nitrogens with two attached hydrogens (primary N) is 1. The van der Waals surface area contributed by atoms with E-state index in [0.717, 1.165) is 17.1 Å². The molecule has 1 aromatic heterocycles. The molecule has 0 spiro atoms. The summed E-state index contributed by atoms with van der Waals surface area (Å²) in [4.78, 5) is 0. The maximum absolute atomic E-state index is 8.83. The second-order valence-corrected chi connectivity index (χ2v) is 4.54. The van der Waals surface area contributed by atoms with Crippen molar-refractivity contribution in [1.82, 2.24) is 9.78 Å². The molecule has 0 bridgehead atoms. The van der Waals surface area contributed by atoms with Crippen molar-refractivity contribution in [3.8, 4) is 6.07 Å². The van der Waals surface area contributed by atoms with Gasteiger partial charge >= 0.3 is 0 Å². The summed E-state index contributed by atoms with van der Waals surface area (Å²) < 4.78 is 1.87. The van der Waals surface area contributed by atoms with Crippen LogP contribution in [0, 0.1) is 25.2 Å². The Balaban J connectivity index is 2.15. The second-order valence-electron chi connectivity index (χ2n) is 4.54. The molecule has 0 amide bonds. The minimum Gasteiger partial charge on any atom is -0.398 e. The summed E-state index contributed by atoms with van der Waals surface area (Å²) in [7, 11) is 1.94. The minimum atomic E-state index is 0.493. The number of nitrogen functional groups attached to an aromatic ring is 1. The zero-order chi connectivity index (χ0) is 14.0. The number of nitrogens with one attached hydrogen (secondary N) is 1. The molecule has 98 valence electrons. The van der Waals surface area contributed by atoms with Crippen LogP contribution < -0.4 is 11.1 Å². The number of aryl methyl sites for hydroxylation is 2. The van der Waals surface area contributed by atoms with Crippen molar-refractivity contribution < 1.29 is 0 Å². The fourth-order valence-electron chi connectivity index (χ4n) is 2.04. The van der Waals surface area contributed by atoms with Gasteiger partial charge in [-0.25, -0.2) is 0 Å². The van der Waals surface area contributed by atoms with Crippen molar-refractivity contribution in [2.24, 2.45) is 7.05 Å². The van der Waals surface area contributed by atoms with Crippen LogP contribution in [0.15, 0.2) is 18.2 Å². The molecule has 2 rings (SSSR count). The number of benzene rings is 1. The standard InChI is InChI=1S/C14H17N5/c1-9-13(10(2)19(3)18-9)8-17-12-5-4-11(7-15)14(16)6-12/h4-6,17H,8,16H2,1-3H3. The van der Waals surface area contributed by atoms with Gasteiger partial charge in [-0.1, -0.05) is 0 Å². The molecule has 3 N–H and O–H groups in total. The maximum atomic E-state index is 8.83. The molecule has 5 nitrogen and oxygen atoms in total. The molecule has 0 saturated carbocycles. The molecular formula is C14H17N5. The van der Waals surface area contributed by atoms with E-state index in [1.54, 1.807) is 12.1 Å². The maximum Gasteiger partial charge on any atom is 0.101 e. The third-order valence-corrected chi connectivity index (χ3v) is 3.30. The van der Waals surface area contributed by atoms with Gasteiger partial charge in [0.05, 0.1) is 16.9 Å². The first-order chi connectivity index (χ1) is 9.02. The van der Waals surface area contributed by atoms with Gasteiger partial charge in [0.1, 0.15) is 6.07 Å². The topological polar surface area (TPSA) is 79.7 Å². The van der Waals surface area contributed by atoms with Gasteiger partial charge in [-0.05, 0) is 32.0 Å². The average Bonchev–Trinajstić information content (AvgIpc) is 2.61. The Bertz CT molecular complexity index is 649. The van der Waals surface area contributed by atoms with E-state index in [1.807, 2.05) is 31.6 Å². The predicted octanol–water partition coefficient (Wildman–Crippen LogP) is 2.10. The highest BCUT2D eigenvalue weighted by Crippen LogP contribution is 2.19. The normalized spacial score (nSPS) is 10.2. The molecule has 0 aliphatic carbocycles. The molecule has 1 heterocycles. The highest BCUT2D eigenvalue weighted by Gasteiger charge is 2.09. The Kier molecular flexibility index (Phi) is 3.43. The monoisotopic (exact) mass is 255 g/mol. The van der Waals surface area contributed by atoms with Gasteiger partial charge in [0, 0.05) is 30.5 Å². The van der Waals surface area contributed by atoms with Crippen LogP contribution in [0.4, 0.5) is 11.4 Å².